The van der Waals surface area contributed by atoms with Crippen LogP contribution < -0.4 is 14.9 Å². The van der Waals surface area contributed by atoms with Crippen molar-refractivity contribution in [1.29, 1.82) is 0 Å². The number of alkyl halides is 3. The molecule has 1 saturated heterocycles. The number of benzene rings is 2. The summed E-state index contributed by atoms with van der Waals surface area (Å²) in [5.74, 6) is -4.15. The van der Waals surface area contributed by atoms with Crippen molar-refractivity contribution in [2.45, 2.75) is 35.2 Å². The maximum absolute atomic E-state index is 13.6. The number of ether oxygens (including phenoxy) is 1. The van der Waals surface area contributed by atoms with Crippen molar-refractivity contribution in [2.75, 3.05) is 18.5 Å². The number of carboxylic acids is 1. The largest absolute Gasteiger partial charge is 0.483 e. The second kappa shape index (κ2) is 11.3. The predicted molar refractivity (Wildman–Crippen MR) is 159 cm³/mol. The number of aromatic amines is 1. The first-order valence-electron chi connectivity index (χ1n) is 14.6. The summed E-state index contributed by atoms with van der Waals surface area (Å²) in [6.45, 7) is -0.674. The lowest BCUT2D eigenvalue weighted by atomic mass is 9.68. The number of hydrogen-bond donors (Lipinski definition) is 3. The van der Waals surface area contributed by atoms with E-state index in [1.165, 1.54) is 23.9 Å². The molecule has 2 bridgehead atoms. The number of likely N-dealkylation sites (tertiary alicyclic amines) is 1. The van der Waals surface area contributed by atoms with E-state index >= 15 is 0 Å². The number of nitrogens with one attached hydrogen (secondary N) is 2. The zero-order valence-electron chi connectivity index (χ0n) is 23.8. The van der Waals surface area contributed by atoms with Crippen molar-refractivity contribution < 1.29 is 42.2 Å². The van der Waals surface area contributed by atoms with Gasteiger partial charge in [0.25, 0.3) is 5.91 Å². The lowest BCUT2D eigenvalue weighted by Crippen LogP contribution is -2.42. The second-order valence-electron chi connectivity index (χ2n) is 11.9. The highest BCUT2D eigenvalue weighted by Crippen LogP contribution is 2.69. The SMILES string of the molecule is O=C(O)CCN1C(=O)C2C3CC(C2C1=O)C1C3Sc2[nH]c(=O)sc2[C@@H]1c1ccccc1OCC(=O)Nc1cccc(C(F)(F)F)c1. The minimum absolute atomic E-state index is 0.0321. The van der Waals surface area contributed by atoms with Gasteiger partial charge in [-0.05, 0) is 48.4 Å². The Morgan fingerprint density at radius 2 is 1.78 bits per heavy atom. The van der Waals surface area contributed by atoms with E-state index in [1.54, 1.807) is 18.2 Å². The molecule has 3 heterocycles. The zero-order chi connectivity index (χ0) is 32.5. The average molecular weight is 674 g/mol. The molecule has 240 valence electrons. The predicted octanol–water partition coefficient (Wildman–Crippen LogP) is 4.42. The van der Waals surface area contributed by atoms with Crippen molar-refractivity contribution >= 4 is 52.5 Å². The molecular formula is C31H26F3N3O7S2. The molecule has 6 unspecified atom stereocenters. The van der Waals surface area contributed by atoms with Gasteiger partial charge in [0.2, 0.25) is 11.8 Å². The molecule has 46 heavy (non-hydrogen) atoms. The molecule has 3 fully saturated rings. The molecule has 2 aliphatic carbocycles. The van der Waals surface area contributed by atoms with Crippen LogP contribution in [0.4, 0.5) is 18.9 Å². The monoisotopic (exact) mass is 673 g/mol. The molecule has 4 aliphatic rings. The summed E-state index contributed by atoms with van der Waals surface area (Å²) in [6, 6.07) is 11.3. The molecule has 3 amide bonds. The van der Waals surface area contributed by atoms with Gasteiger partial charge in [0.1, 0.15) is 5.75 Å². The first-order chi connectivity index (χ1) is 21.9. The van der Waals surface area contributed by atoms with Crippen LogP contribution in [0, 0.1) is 29.6 Å². The van der Waals surface area contributed by atoms with Crippen LogP contribution in [0.5, 0.6) is 5.75 Å². The van der Waals surface area contributed by atoms with Gasteiger partial charge in [-0.1, -0.05) is 35.6 Å². The highest BCUT2D eigenvalue weighted by Gasteiger charge is 2.69. The number of amides is 3. The fraction of sp³-hybridized carbons (Fsp3) is 0.387. The number of carboxylic acid groups (broad SMARTS) is 1. The van der Waals surface area contributed by atoms with Crippen LogP contribution in [0.2, 0.25) is 0 Å². The number of halogens is 3. The molecule has 3 N–H and O–H groups in total. The van der Waals surface area contributed by atoms with Crippen molar-refractivity contribution in [2.24, 2.45) is 29.6 Å². The third-order valence-electron chi connectivity index (χ3n) is 9.45. The Labute approximate surface area is 267 Å². The Bertz CT molecular complexity index is 1820. The van der Waals surface area contributed by atoms with Crippen LogP contribution in [0.15, 0.2) is 58.4 Å². The minimum Gasteiger partial charge on any atom is -0.483 e. The van der Waals surface area contributed by atoms with Crippen LogP contribution in [0.25, 0.3) is 0 Å². The van der Waals surface area contributed by atoms with Crippen molar-refractivity contribution in [3.8, 4) is 5.75 Å². The number of para-hydroxylation sites is 1. The molecular weight excluding hydrogens is 647 g/mol. The van der Waals surface area contributed by atoms with Gasteiger partial charge >= 0.3 is 17.0 Å². The highest BCUT2D eigenvalue weighted by atomic mass is 32.2. The fourth-order valence-corrected chi connectivity index (χ4v) is 10.7. The third kappa shape index (κ3) is 5.09. The van der Waals surface area contributed by atoms with E-state index in [0.29, 0.717) is 22.8 Å². The molecule has 2 saturated carbocycles. The van der Waals surface area contributed by atoms with Crippen LogP contribution >= 0.6 is 23.1 Å². The lowest BCUT2D eigenvalue weighted by molar-refractivity contribution is -0.143. The fourth-order valence-electron chi connectivity index (χ4n) is 7.84. The standard InChI is InChI=1S/C31H26F3N3O7S2/c32-31(33,34)13-4-3-5-14(10-13)35-19(38)12-44-18-7-2-1-6-15(18)21-22-16-11-17(25(22)45-27-26(21)46-30(43)36-27)24-23(16)28(41)37(29(24)42)9-8-20(39)40/h1-7,10,16-17,21-25H,8-9,11-12H2,(H,35,38)(H,36,43)(H,39,40)/t16?,17?,21-,22?,23?,24?,25?/m1/s1. The van der Waals surface area contributed by atoms with Gasteiger partial charge in [-0.3, -0.25) is 28.9 Å². The molecule has 3 aromatic rings. The van der Waals surface area contributed by atoms with Gasteiger partial charge in [-0.25, -0.2) is 0 Å². The van der Waals surface area contributed by atoms with Crippen LogP contribution in [0.1, 0.15) is 34.8 Å². The number of carbonyl (C=O) groups is 4. The number of carbonyl (C=O) groups excluding carboxylic acids is 3. The smallest absolute Gasteiger partial charge is 0.416 e. The van der Waals surface area contributed by atoms with Gasteiger partial charge in [-0.15, -0.1) is 11.8 Å². The number of aliphatic carboxylic acids is 1. The van der Waals surface area contributed by atoms with E-state index in [2.05, 4.69) is 10.3 Å². The first-order valence-corrected chi connectivity index (χ1v) is 16.3. The van der Waals surface area contributed by atoms with Crippen molar-refractivity contribution in [1.82, 2.24) is 9.88 Å². The van der Waals surface area contributed by atoms with Gasteiger partial charge in [0.15, 0.2) is 6.61 Å². The van der Waals surface area contributed by atoms with Gasteiger partial charge in [0, 0.05) is 33.8 Å². The Balaban J connectivity index is 1.17. The number of rotatable bonds is 8. The van der Waals surface area contributed by atoms with E-state index in [1.807, 2.05) is 6.07 Å². The Morgan fingerprint density at radius 1 is 1.04 bits per heavy atom. The molecule has 10 nitrogen and oxygen atoms in total. The zero-order valence-corrected chi connectivity index (χ0v) is 25.4. The number of hydrogen-bond acceptors (Lipinski definition) is 8. The van der Waals surface area contributed by atoms with Gasteiger partial charge < -0.3 is 20.1 Å². The van der Waals surface area contributed by atoms with Crippen LogP contribution in [0.3, 0.4) is 0 Å². The van der Waals surface area contributed by atoms with Gasteiger partial charge in [0.05, 0.1) is 28.8 Å². The molecule has 7 rings (SSSR count). The Kier molecular flexibility index (Phi) is 7.50. The number of imide groups is 1. The second-order valence-corrected chi connectivity index (χ2v) is 14.1. The Morgan fingerprint density at radius 3 is 2.52 bits per heavy atom. The number of H-pyrrole nitrogens is 1. The number of nitrogens with zero attached hydrogens (tertiary/aromatic N) is 1. The summed E-state index contributed by atoms with van der Waals surface area (Å²) in [5.41, 5.74) is -0.247. The maximum atomic E-state index is 13.6. The summed E-state index contributed by atoms with van der Waals surface area (Å²) in [6.07, 6.45) is -4.26. The van der Waals surface area contributed by atoms with E-state index in [-0.39, 0.29) is 58.3 Å². The first kappa shape index (κ1) is 30.5. The summed E-state index contributed by atoms with van der Waals surface area (Å²) in [7, 11) is 0. The van der Waals surface area contributed by atoms with E-state index in [9.17, 15) is 37.1 Å². The van der Waals surface area contributed by atoms with Crippen molar-refractivity contribution in [3.05, 3.63) is 74.2 Å². The number of fused-ring (bicyclic) bond motifs is 9. The van der Waals surface area contributed by atoms with Crippen LogP contribution in [-0.4, -0.2) is 57.1 Å². The van der Waals surface area contributed by atoms with E-state index in [4.69, 9.17) is 9.84 Å². The number of thiazole rings is 1. The van der Waals surface area contributed by atoms with E-state index in [0.717, 1.165) is 33.2 Å². The number of aromatic nitrogens is 1. The quantitative estimate of drug-likeness (QED) is 0.298. The van der Waals surface area contributed by atoms with Crippen LogP contribution in [-0.2, 0) is 25.4 Å². The molecule has 1 aromatic heterocycles. The Hall–Kier alpha value is -4.11. The molecule has 15 heteroatoms. The summed E-state index contributed by atoms with van der Waals surface area (Å²) >= 11 is 2.56. The molecule has 2 aliphatic heterocycles. The number of anilines is 1. The molecule has 2 aromatic carbocycles. The summed E-state index contributed by atoms with van der Waals surface area (Å²) < 4.78 is 45.3. The van der Waals surface area contributed by atoms with Crippen molar-refractivity contribution in [3.63, 3.8) is 0 Å². The minimum atomic E-state index is -4.57. The summed E-state index contributed by atoms with van der Waals surface area (Å²) in [4.78, 5) is 68.1. The summed E-state index contributed by atoms with van der Waals surface area (Å²) in [5, 5.41) is 12.2. The average Bonchev–Trinajstić information content (AvgIpc) is 3.74. The molecule has 0 spiro atoms. The van der Waals surface area contributed by atoms with E-state index < -0.39 is 48.0 Å². The topological polar surface area (TPSA) is 146 Å². The molecule has 0 radical (unpaired) electrons. The third-order valence-corrected chi connectivity index (χ3v) is 12.0. The number of thioether (sulfide) groups is 1. The molecule has 7 atom stereocenters. The van der Waals surface area contributed by atoms with Gasteiger partial charge in [-0.2, -0.15) is 13.2 Å². The lowest BCUT2D eigenvalue weighted by Gasteiger charge is -2.43. The normalized spacial score (nSPS) is 27.7. The highest BCUT2D eigenvalue weighted by molar-refractivity contribution is 8.00. The maximum Gasteiger partial charge on any atom is 0.416 e.